The zero-order valence-corrected chi connectivity index (χ0v) is 47.9. The second-order valence-electron chi connectivity index (χ2n) is 14.1. The average molecular weight is 1280 g/mol. The fourth-order valence-corrected chi connectivity index (χ4v) is 19.3. The number of rotatable bonds is 12. The van der Waals surface area contributed by atoms with Gasteiger partial charge in [0.25, 0.3) is 0 Å². The van der Waals surface area contributed by atoms with Gasteiger partial charge < -0.3 is 34.5 Å². The Balaban J connectivity index is 0. The molecule has 0 saturated heterocycles. The van der Waals surface area contributed by atoms with E-state index in [1.165, 1.54) is 68.1 Å². The van der Waals surface area contributed by atoms with Gasteiger partial charge in [-0.25, -0.2) is 0 Å². The van der Waals surface area contributed by atoms with Gasteiger partial charge in [-0.2, -0.15) is 10.5 Å². The van der Waals surface area contributed by atoms with E-state index in [1.807, 2.05) is 0 Å². The Morgan fingerprint density at radius 3 is 0.461 bits per heavy atom. The zero-order chi connectivity index (χ0) is 55.0. The normalized spacial score (nSPS) is 9.68. The minimum atomic E-state index is -6.00. The summed E-state index contributed by atoms with van der Waals surface area (Å²) in [7, 11) is -13.6. The standard InChI is InChI=1S/2C25H22P2.2C2H3N.2CO.2BF4.2Ru/c2*1-5-13-22(14-6-1)26(23-15-7-2-8-16-23)21-27(24-17-9-3-10-18-24)25-19-11-4-12-20-25;2*1-2-3;2*1-2;2*2-1(3,4)5;;/h2*1-20H,21H2;2*1H3;;;;;;/q;;;;;;2*-1;2*+1. The van der Waals surface area contributed by atoms with Crippen LogP contribution in [0, 0.1) is 36.0 Å². The molecule has 76 heavy (non-hydrogen) atoms. The maximum atomic E-state index is 9.75. The Bertz CT molecular complexity index is 2260. The Kier molecular flexibility index (Phi) is 42.0. The quantitative estimate of drug-likeness (QED) is 0.0401. The van der Waals surface area contributed by atoms with Crippen LogP contribution in [-0.4, -0.2) is 26.3 Å². The molecule has 0 fully saturated rings. The van der Waals surface area contributed by atoms with Gasteiger partial charge in [0.1, 0.15) is 0 Å². The summed E-state index contributed by atoms with van der Waals surface area (Å²) < 4.78 is 93.0. The van der Waals surface area contributed by atoms with Crippen LogP contribution in [0.4, 0.5) is 34.5 Å². The van der Waals surface area contributed by atoms with Gasteiger partial charge in [-0.15, -0.1) is 0 Å². The van der Waals surface area contributed by atoms with Crippen molar-refractivity contribution < 1.29 is 82.8 Å². The molecule has 8 aromatic carbocycles. The van der Waals surface area contributed by atoms with Gasteiger partial charge in [-0.1, -0.05) is 243 Å². The summed E-state index contributed by atoms with van der Waals surface area (Å²) in [6.45, 7) is 11.9. The first kappa shape index (κ1) is 72.8. The number of benzene rings is 8. The van der Waals surface area contributed by atoms with E-state index in [4.69, 9.17) is 19.8 Å². The minimum Gasteiger partial charge on any atom is -0.0622 e. The zero-order valence-electron chi connectivity index (χ0n) is 40.9. The summed E-state index contributed by atoms with van der Waals surface area (Å²) >= 11 is 0. The van der Waals surface area contributed by atoms with Crippen molar-refractivity contribution in [2.24, 2.45) is 0 Å². The van der Waals surface area contributed by atoms with E-state index in [-0.39, 0.29) is 39.0 Å². The molecule has 0 bridgehead atoms. The smallest absolute Gasteiger partial charge is 0.0622 e. The van der Waals surface area contributed by atoms with Gasteiger partial charge in [0, 0.05) is 25.7 Å². The van der Waals surface area contributed by atoms with Gasteiger partial charge in [-0.05, 0) is 74.1 Å². The SMILES string of the molecule is CC#N.CC#N.F[B-](F)(F)F.F[B-](F)(F)F.[C-]#[O+].[C-]#[O+].[Ru+].[Ru+].c1ccc(P(CP(c2ccccc2)c2ccccc2)c2ccccc2)cc1.c1ccc(P(CP(c2ccccc2)c2ccccc2)c2ccccc2)cc1. The number of hydrogen-bond donors (Lipinski definition) is 0. The van der Waals surface area contributed by atoms with Crippen molar-refractivity contribution in [3.05, 3.63) is 256 Å². The van der Waals surface area contributed by atoms with E-state index in [1.54, 1.807) is 12.1 Å². The Hall–Kier alpha value is -5.24. The predicted octanol–water partition coefficient (Wildman–Crippen LogP) is 14.0. The molecule has 0 amide bonds. The number of nitrogens with zero attached hydrogens (tertiary/aromatic N) is 2. The van der Waals surface area contributed by atoms with Crippen LogP contribution in [0.25, 0.3) is 0 Å². The van der Waals surface area contributed by atoms with E-state index in [0.29, 0.717) is 0 Å². The molecular formula is C56H50B2F8N2O2P4Ru2. The molecular weight excluding hydrogens is 1230 g/mol. The summed E-state index contributed by atoms with van der Waals surface area (Å²) in [5.41, 5.74) is 0. The van der Waals surface area contributed by atoms with Crippen LogP contribution in [-0.2, 0) is 48.3 Å². The van der Waals surface area contributed by atoms with Gasteiger partial charge in [0.05, 0.1) is 12.1 Å². The molecule has 394 valence electrons. The molecule has 0 N–H and O–H groups in total. The summed E-state index contributed by atoms with van der Waals surface area (Å²) in [5.74, 6) is 2.35. The summed E-state index contributed by atoms with van der Waals surface area (Å²) in [6, 6.07) is 91.8. The topological polar surface area (TPSA) is 87.4 Å². The monoisotopic (exact) mass is 1280 g/mol. The van der Waals surface area contributed by atoms with Crippen molar-refractivity contribution in [2.75, 3.05) is 11.8 Å². The molecule has 20 heteroatoms. The van der Waals surface area contributed by atoms with Crippen LogP contribution in [0.5, 0.6) is 0 Å². The van der Waals surface area contributed by atoms with Crippen LogP contribution >= 0.6 is 31.7 Å². The average Bonchev–Trinajstić information content (AvgIpc) is 3.42. The third-order valence-electron chi connectivity index (χ3n) is 9.11. The molecule has 0 aromatic heterocycles. The Morgan fingerprint density at radius 1 is 0.303 bits per heavy atom. The van der Waals surface area contributed by atoms with Crippen LogP contribution in [0.3, 0.4) is 0 Å². The first-order valence-corrected chi connectivity index (χ1v) is 28.0. The van der Waals surface area contributed by atoms with Gasteiger partial charge >= 0.3 is 76.1 Å². The Labute approximate surface area is 472 Å². The molecule has 0 aliphatic carbocycles. The molecule has 0 aliphatic rings. The number of hydrogen-bond acceptors (Lipinski definition) is 2. The van der Waals surface area contributed by atoms with Crippen LogP contribution in [0.2, 0.25) is 0 Å². The van der Waals surface area contributed by atoms with Crippen LogP contribution in [0.1, 0.15) is 13.8 Å². The Morgan fingerprint density at radius 2 is 0.382 bits per heavy atom. The van der Waals surface area contributed by atoms with Gasteiger partial charge in [0.2, 0.25) is 0 Å². The molecule has 0 saturated carbocycles. The summed E-state index contributed by atoms with van der Waals surface area (Å²) in [4.78, 5) is 0. The third kappa shape index (κ3) is 32.4. The van der Waals surface area contributed by atoms with Gasteiger partial charge in [-0.3, -0.25) is 0 Å². The number of nitriles is 2. The van der Waals surface area contributed by atoms with E-state index in [0.717, 1.165) is 0 Å². The minimum absolute atomic E-state index is 0. The van der Waals surface area contributed by atoms with Crippen molar-refractivity contribution in [2.45, 2.75) is 13.8 Å². The van der Waals surface area contributed by atoms with Gasteiger partial charge in [0.15, 0.2) is 0 Å². The number of halogens is 8. The summed E-state index contributed by atoms with van der Waals surface area (Å²) in [6.07, 6.45) is 0. The molecule has 0 unspecified atom stereocenters. The molecule has 8 aromatic rings. The molecule has 0 heterocycles. The molecule has 0 atom stereocenters. The summed E-state index contributed by atoms with van der Waals surface area (Å²) in [5, 5.41) is 26.3. The largest absolute Gasteiger partial charge is 1.00 e. The first-order chi connectivity index (χ1) is 35.7. The van der Waals surface area contributed by atoms with Crippen molar-refractivity contribution in [3.63, 3.8) is 0 Å². The van der Waals surface area contributed by atoms with E-state index in [2.05, 4.69) is 256 Å². The molecule has 0 aliphatic heterocycles. The first-order valence-electron chi connectivity index (χ1n) is 21.9. The van der Waals surface area contributed by atoms with E-state index < -0.39 is 46.2 Å². The van der Waals surface area contributed by atoms with Crippen molar-refractivity contribution >= 4 is 88.6 Å². The molecule has 0 spiro atoms. The molecule has 4 nitrogen and oxygen atoms in total. The molecule has 2 radical (unpaired) electrons. The predicted molar refractivity (Wildman–Crippen MR) is 297 cm³/mol. The van der Waals surface area contributed by atoms with Crippen LogP contribution in [0.15, 0.2) is 243 Å². The van der Waals surface area contributed by atoms with Crippen molar-refractivity contribution in [1.29, 1.82) is 10.5 Å². The molecule has 8 rings (SSSR count). The fraction of sp³-hybridized carbons (Fsp3) is 0.0714. The van der Waals surface area contributed by atoms with E-state index >= 15 is 0 Å². The van der Waals surface area contributed by atoms with Crippen LogP contribution < -0.4 is 42.4 Å². The van der Waals surface area contributed by atoms with Crippen molar-refractivity contribution in [3.8, 4) is 12.1 Å². The fourth-order valence-electron chi connectivity index (χ4n) is 6.40. The maximum absolute atomic E-state index is 9.75. The third-order valence-corrected chi connectivity index (χ3v) is 21.0. The van der Waals surface area contributed by atoms with Crippen molar-refractivity contribution in [1.82, 2.24) is 0 Å². The second-order valence-corrected chi connectivity index (χ2v) is 23.9. The second kappa shape index (κ2) is 43.8. The van der Waals surface area contributed by atoms with E-state index in [9.17, 15) is 34.5 Å². The maximum Gasteiger partial charge on any atom is 1.00 e.